The van der Waals surface area contributed by atoms with Gasteiger partial charge in [0.05, 0.1) is 17.0 Å². The summed E-state index contributed by atoms with van der Waals surface area (Å²) >= 11 is 2.42. The van der Waals surface area contributed by atoms with Gasteiger partial charge >= 0.3 is 12.1 Å². The molecule has 4 rings (SSSR count). The lowest BCUT2D eigenvalue weighted by molar-refractivity contribution is -0.137. The third-order valence-electron chi connectivity index (χ3n) is 4.43. The monoisotopic (exact) mass is 476 g/mol. The zero-order valence-corrected chi connectivity index (χ0v) is 17.9. The molecule has 0 atom stereocenters. The van der Waals surface area contributed by atoms with E-state index in [0.717, 1.165) is 17.7 Å². The number of thiazole rings is 1. The van der Waals surface area contributed by atoms with Gasteiger partial charge in [-0.2, -0.15) is 13.2 Å². The fourth-order valence-electron chi connectivity index (χ4n) is 2.97. The minimum absolute atomic E-state index is 0.0466. The second-order valence-corrected chi connectivity index (χ2v) is 8.55. The van der Waals surface area contributed by atoms with Crippen molar-refractivity contribution in [3.8, 4) is 5.69 Å². The summed E-state index contributed by atoms with van der Waals surface area (Å²) in [5, 5.41) is 19.8. The lowest BCUT2D eigenvalue weighted by atomic mass is 10.1. The van der Waals surface area contributed by atoms with E-state index >= 15 is 0 Å². The van der Waals surface area contributed by atoms with Crippen LogP contribution in [0.15, 0.2) is 65.1 Å². The number of carbonyl (C=O) groups is 1. The standard InChI is InChI=1S/C21H15F3N4O2S2/c22-21(23,24)14-7-4-8-15(10-14)28-17(9-13-5-2-1-3-6-13)26-27-20(28)32-12-18-25-16(11-31-18)19(29)30/h1-8,10-11H,9,12H2,(H,29,30). The number of carboxylic acids is 1. The molecule has 0 unspecified atom stereocenters. The lowest BCUT2D eigenvalue weighted by Crippen LogP contribution is -2.08. The Morgan fingerprint density at radius 1 is 1.09 bits per heavy atom. The van der Waals surface area contributed by atoms with E-state index in [1.165, 1.54) is 34.5 Å². The van der Waals surface area contributed by atoms with Gasteiger partial charge in [-0.3, -0.25) is 4.57 Å². The van der Waals surface area contributed by atoms with Gasteiger partial charge in [0.25, 0.3) is 0 Å². The zero-order chi connectivity index (χ0) is 22.7. The van der Waals surface area contributed by atoms with Crippen LogP contribution in [0.3, 0.4) is 0 Å². The van der Waals surface area contributed by atoms with Gasteiger partial charge in [-0.05, 0) is 23.8 Å². The largest absolute Gasteiger partial charge is 0.476 e. The van der Waals surface area contributed by atoms with Crippen molar-refractivity contribution >= 4 is 29.1 Å². The summed E-state index contributed by atoms with van der Waals surface area (Å²) in [6.07, 6.45) is -4.10. The first-order valence-electron chi connectivity index (χ1n) is 9.27. The number of halogens is 3. The van der Waals surface area contributed by atoms with Crippen LogP contribution < -0.4 is 0 Å². The Labute approximate surface area is 188 Å². The molecule has 2 aromatic carbocycles. The molecule has 0 bridgehead atoms. The number of aromatic carboxylic acids is 1. The highest BCUT2D eigenvalue weighted by Crippen LogP contribution is 2.32. The molecule has 0 saturated heterocycles. The molecule has 0 amide bonds. The quantitative estimate of drug-likeness (QED) is 0.364. The minimum Gasteiger partial charge on any atom is -0.476 e. The highest BCUT2D eigenvalue weighted by atomic mass is 32.2. The molecule has 2 heterocycles. The van der Waals surface area contributed by atoms with Crippen molar-refractivity contribution in [1.82, 2.24) is 19.7 Å². The number of alkyl halides is 3. The van der Waals surface area contributed by atoms with Crippen LogP contribution >= 0.6 is 23.1 Å². The molecule has 1 N–H and O–H groups in total. The van der Waals surface area contributed by atoms with E-state index in [9.17, 15) is 18.0 Å². The number of thioether (sulfide) groups is 1. The summed E-state index contributed by atoms with van der Waals surface area (Å²) in [5.41, 5.74) is 0.422. The molecule has 4 aromatic rings. The number of rotatable bonds is 7. The van der Waals surface area contributed by atoms with Crippen molar-refractivity contribution in [3.63, 3.8) is 0 Å². The number of benzene rings is 2. The van der Waals surface area contributed by atoms with Gasteiger partial charge in [0, 0.05) is 11.8 Å². The zero-order valence-electron chi connectivity index (χ0n) is 16.3. The number of aromatic nitrogens is 4. The fourth-order valence-corrected chi connectivity index (χ4v) is 4.73. The Kier molecular flexibility index (Phi) is 6.28. The molecular weight excluding hydrogens is 461 g/mol. The van der Waals surface area contributed by atoms with Crippen molar-refractivity contribution in [2.24, 2.45) is 0 Å². The molecule has 0 aliphatic heterocycles. The molecule has 164 valence electrons. The summed E-state index contributed by atoms with van der Waals surface area (Å²) in [7, 11) is 0. The predicted molar refractivity (Wildman–Crippen MR) is 114 cm³/mol. The lowest BCUT2D eigenvalue weighted by Gasteiger charge is -2.13. The first-order valence-corrected chi connectivity index (χ1v) is 11.1. The average molecular weight is 477 g/mol. The number of hydrogen-bond acceptors (Lipinski definition) is 6. The summed E-state index contributed by atoms with van der Waals surface area (Å²) in [4.78, 5) is 15.1. The van der Waals surface area contributed by atoms with Gasteiger partial charge in [0.2, 0.25) is 0 Å². The van der Waals surface area contributed by atoms with Crippen LogP contribution in [-0.2, 0) is 18.3 Å². The molecule has 6 nitrogen and oxygen atoms in total. The summed E-state index contributed by atoms with van der Waals surface area (Å²) in [6, 6.07) is 14.4. The fraction of sp³-hybridized carbons (Fsp3) is 0.143. The molecule has 2 aromatic heterocycles. The van der Waals surface area contributed by atoms with Crippen LogP contribution in [0.25, 0.3) is 5.69 Å². The Hall–Kier alpha value is -3.18. The SMILES string of the molecule is O=C(O)c1csc(CSc2nnc(Cc3ccccc3)n2-c2cccc(C(F)(F)F)c2)n1. The second kappa shape index (κ2) is 9.13. The van der Waals surface area contributed by atoms with Crippen molar-refractivity contribution in [3.05, 3.63) is 87.6 Å². The summed E-state index contributed by atoms with van der Waals surface area (Å²) in [5.74, 6) is -0.321. The van der Waals surface area contributed by atoms with E-state index in [2.05, 4.69) is 15.2 Å². The molecule has 0 saturated carbocycles. The molecule has 32 heavy (non-hydrogen) atoms. The van der Waals surface area contributed by atoms with E-state index in [0.29, 0.717) is 33.8 Å². The van der Waals surface area contributed by atoms with Gasteiger partial charge in [-0.15, -0.1) is 21.5 Å². The first-order chi connectivity index (χ1) is 15.3. The van der Waals surface area contributed by atoms with Crippen LogP contribution in [0.5, 0.6) is 0 Å². The molecule has 0 radical (unpaired) electrons. The molecule has 0 aliphatic rings. The van der Waals surface area contributed by atoms with Gasteiger partial charge in [-0.1, -0.05) is 48.2 Å². The number of hydrogen-bond donors (Lipinski definition) is 1. The number of carboxylic acid groups (broad SMARTS) is 1. The van der Waals surface area contributed by atoms with Gasteiger partial charge < -0.3 is 5.11 Å². The third-order valence-corrected chi connectivity index (χ3v) is 6.40. The molecular formula is C21H15F3N4O2S2. The van der Waals surface area contributed by atoms with Crippen molar-refractivity contribution in [2.75, 3.05) is 0 Å². The van der Waals surface area contributed by atoms with Crippen molar-refractivity contribution < 1.29 is 23.1 Å². The van der Waals surface area contributed by atoms with Crippen LogP contribution in [-0.4, -0.2) is 30.8 Å². The third kappa shape index (κ3) is 5.00. The second-order valence-electron chi connectivity index (χ2n) is 6.66. The molecule has 0 aliphatic carbocycles. The molecule has 11 heteroatoms. The van der Waals surface area contributed by atoms with Crippen LogP contribution in [0, 0.1) is 0 Å². The van der Waals surface area contributed by atoms with Crippen molar-refractivity contribution in [1.29, 1.82) is 0 Å². The smallest absolute Gasteiger partial charge is 0.416 e. The summed E-state index contributed by atoms with van der Waals surface area (Å²) < 4.78 is 41.5. The Morgan fingerprint density at radius 3 is 2.56 bits per heavy atom. The predicted octanol–water partition coefficient (Wildman–Crippen LogP) is 5.32. The topological polar surface area (TPSA) is 80.9 Å². The van der Waals surface area contributed by atoms with Gasteiger partial charge in [0.15, 0.2) is 10.9 Å². The highest BCUT2D eigenvalue weighted by molar-refractivity contribution is 7.98. The van der Waals surface area contributed by atoms with E-state index in [1.807, 2.05) is 30.3 Å². The van der Waals surface area contributed by atoms with E-state index in [4.69, 9.17) is 5.11 Å². The molecule has 0 spiro atoms. The van der Waals surface area contributed by atoms with E-state index < -0.39 is 17.7 Å². The first kappa shape index (κ1) is 22.0. The maximum atomic E-state index is 13.3. The Morgan fingerprint density at radius 2 is 1.88 bits per heavy atom. The Balaban J connectivity index is 1.69. The van der Waals surface area contributed by atoms with Crippen LogP contribution in [0.1, 0.15) is 32.4 Å². The van der Waals surface area contributed by atoms with E-state index in [-0.39, 0.29) is 5.69 Å². The average Bonchev–Trinajstić information content (AvgIpc) is 3.40. The maximum absolute atomic E-state index is 13.3. The highest BCUT2D eigenvalue weighted by Gasteiger charge is 2.31. The normalized spacial score (nSPS) is 11.6. The van der Waals surface area contributed by atoms with Crippen LogP contribution in [0.4, 0.5) is 13.2 Å². The van der Waals surface area contributed by atoms with Gasteiger partial charge in [-0.25, -0.2) is 9.78 Å². The molecule has 0 fully saturated rings. The minimum atomic E-state index is -4.48. The van der Waals surface area contributed by atoms with Crippen LogP contribution in [0.2, 0.25) is 0 Å². The Bertz CT molecular complexity index is 1240. The summed E-state index contributed by atoms with van der Waals surface area (Å²) in [6.45, 7) is 0. The van der Waals surface area contributed by atoms with Crippen molar-refractivity contribution in [2.45, 2.75) is 23.5 Å². The van der Waals surface area contributed by atoms with Gasteiger partial charge in [0.1, 0.15) is 10.8 Å². The number of nitrogens with zero attached hydrogens (tertiary/aromatic N) is 4. The maximum Gasteiger partial charge on any atom is 0.416 e. The van der Waals surface area contributed by atoms with E-state index in [1.54, 1.807) is 10.6 Å².